The summed E-state index contributed by atoms with van der Waals surface area (Å²) in [5.41, 5.74) is 1.98. The summed E-state index contributed by atoms with van der Waals surface area (Å²) in [6.45, 7) is 2.31. The van der Waals surface area contributed by atoms with Crippen LogP contribution in [0, 0.1) is 0 Å². The summed E-state index contributed by atoms with van der Waals surface area (Å²) in [6, 6.07) is 11.4. The van der Waals surface area contributed by atoms with E-state index < -0.39 is 0 Å². The standard InChI is InChI=1S/C17H19NO3.C15H14O5/c19-17(18-10-4-1-5-11-18)7-3-2-6-14-8-9-15-16(12-14)21-13-20-15;1-17-12-7-11(20-15(16)8-12)4-2-10-3-5-13-14(6-10)19-9-18-13/h2-3,6-9,12H,1,4-5,10-11,13H2;2-6,8,11H,7,9H2,1H3/b;4-2-. The number of carbonyl (C=O) groups excluding carboxylic acids is 2. The third kappa shape index (κ3) is 7.72. The highest BCUT2D eigenvalue weighted by molar-refractivity contribution is 5.88. The Morgan fingerprint density at radius 3 is 2.15 bits per heavy atom. The van der Waals surface area contributed by atoms with E-state index in [9.17, 15) is 9.59 Å². The van der Waals surface area contributed by atoms with Gasteiger partial charge in [-0.05, 0) is 60.7 Å². The number of esters is 1. The molecule has 4 aliphatic rings. The Bertz CT molecular complexity index is 1370. The summed E-state index contributed by atoms with van der Waals surface area (Å²) in [5, 5.41) is 0. The molecule has 0 spiro atoms. The molecule has 1 atom stereocenters. The number of benzene rings is 2. The van der Waals surface area contributed by atoms with Crippen molar-refractivity contribution in [2.24, 2.45) is 0 Å². The van der Waals surface area contributed by atoms with Gasteiger partial charge in [0.25, 0.3) is 0 Å². The maximum Gasteiger partial charge on any atom is 0.334 e. The number of likely N-dealkylation sites (tertiary alicyclic amines) is 1. The zero-order valence-electron chi connectivity index (χ0n) is 23.0. The van der Waals surface area contributed by atoms with Gasteiger partial charge in [0.2, 0.25) is 19.5 Å². The lowest BCUT2D eigenvalue weighted by molar-refractivity contribution is -0.142. The SMILES string of the molecule is COC1=CC(=O)OC(/C=C\c2ccc3c(c2)OCO3)C1.O=C(C=CC=Cc1ccc2c(c1)OCO2)N1CCCCC1. The topological polar surface area (TPSA) is 92.8 Å². The lowest BCUT2D eigenvalue weighted by Gasteiger charge is -2.25. The van der Waals surface area contributed by atoms with E-state index in [4.69, 9.17) is 28.4 Å². The number of hydrogen-bond acceptors (Lipinski definition) is 8. The molecule has 9 heteroatoms. The van der Waals surface area contributed by atoms with Gasteiger partial charge in [-0.3, -0.25) is 4.79 Å². The Morgan fingerprint density at radius 2 is 1.49 bits per heavy atom. The van der Waals surface area contributed by atoms with Crippen LogP contribution in [0.1, 0.15) is 36.8 Å². The van der Waals surface area contributed by atoms with Gasteiger partial charge in [-0.25, -0.2) is 4.79 Å². The highest BCUT2D eigenvalue weighted by Crippen LogP contribution is 2.34. The summed E-state index contributed by atoms with van der Waals surface area (Å²) in [6.07, 6.45) is 16.0. The largest absolute Gasteiger partial charge is 0.501 e. The minimum absolute atomic E-state index is 0.102. The summed E-state index contributed by atoms with van der Waals surface area (Å²) in [7, 11) is 1.54. The first-order valence-electron chi connectivity index (χ1n) is 13.6. The van der Waals surface area contributed by atoms with Crippen molar-refractivity contribution in [2.45, 2.75) is 31.8 Å². The van der Waals surface area contributed by atoms with Gasteiger partial charge >= 0.3 is 5.97 Å². The Labute approximate surface area is 239 Å². The van der Waals surface area contributed by atoms with Crippen molar-refractivity contribution < 1.29 is 38.0 Å². The maximum atomic E-state index is 11.9. The van der Waals surface area contributed by atoms with Crippen LogP contribution in [0.4, 0.5) is 0 Å². The Kier molecular flexibility index (Phi) is 9.26. The number of nitrogens with zero attached hydrogens (tertiary/aromatic N) is 1. The molecule has 0 aromatic heterocycles. The third-order valence-corrected chi connectivity index (χ3v) is 6.81. The van der Waals surface area contributed by atoms with Crippen LogP contribution in [0.25, 0.3) is 12.2 Å². The summed E-state index contributed by atoms with van der Waals surface area (Å²) in [4.78, 5) is 25.2. The average molecular weight is 560 g/mol. The number of cyclic esters (lactones) is 1. The zero-order chi connectivity index (χ0) is 28.4. The molecular weight excluding hydrogens is 526 g/mol. The molecule has 1 amide bonds. The molecule has 0 aliphatic carbocycles. The van der Waals surface area contributed by atoms with Crippen LogP contribution < -0.4 is 18.9 Å². The van der Waals surface area contributed by atoms with E-state index in [-0.39, 0.29) is 31.6 Å². The van der Waals surface area contributed by atoms with Crippen molar-refractivity contribution in [3.63, 3.8) is 0 Å². The minimum Gasteiger partial charge on any atom is -0.501 e. The number of methoxy groups -OCH3 is 1. The van der Waals surface area contributed by atoms with Crippen molar-refractivity contribution in [1.82, 2.24) is 4.90 Å². The monoisotopic (exact) mass is 559 g/mol. The quantitative estimate of drug-likeness (QED) is 0.269. The second kappa shape index (κ2) is 13.6. The minimum atomic E-state index is -0.381. The number of piperidine rings is 1. The first-order chi connectivity index (χ1) is 20.1. The molecule has 9 nitrogen and oxygen atoms in total. The van der Waals surface area contributed by atoms with E-state index in [2.05, 4.69) is 0 Å². The first-order valence-corrected chi connectivity index (χ1v) is 13.6. The first kappa shape index (κ1) is 27.9. The zero-order valence-corrected chi connectivity index (χ0v) is 23.0. The predicted octanol–water partition coefficient (Wildman–Crippen LogP) is 5.27. The number of carbonyl (C=O) groups is 2. The molecule has 6 rings (SSSR count). The van der Waals surface area contributed by atoms with Crippen molar-refractivity contribution in [3.05, 3.63) is 83.7 Å². The van der Waals surface area contributed by atoms with Crippen molar-refractivity contribution >= 4 is 24.0 Å². The number of rotatable bonds is 6. The van der Waals surface area contributed by atoms with Crippen molar-refractivity contribution in [1.29, 1.82) is 0 Å². The number of fused-ring (bicyclic) bond motifs is 2. The lowest BCUT2D eigenvalue weighted by Crippen LogP contribution is -2.34. The van der Waals surface area contributed by atoms with Gasteiger partial charge in [-0.2, -0.15) is 0 Å². The second-order valence-electron chi connectivity index (χ2n) is 9.68. The molecule has 1 saturated heterocycles. The van der Waals surface area contributed by atoms with E-state index >= 15 is 0 Å². The van der Waals surface area contributed by atoms with Crippen LogP contribution in [-0.4, -0.2) is 56.7 Å². The van der Waals surface area contributed by atoms with Crippen molar-refractivity contribution in [3.8, 4) is 23.0 Å². The molecule has 2 aromatic carbocycles. The number of hydrogen-bond donors (Lipinski definition) is 0. The molecule has 1 fully saturated rings. The van der Waals surface area contributed by atoms with E-state index in [1.54, 1.807) is 19.3 Å². The van der Waals surface area contributed by atoms with Gasteiger partial charge in [0, 0.05) is 25.6 Å². The van der Waals surface area contributed by atoms with E-state index in [0.717, 1.165) is 60.1 Å². The molecule has 0 saturated carbocycles. The summed E-state index contributed by atoms with van der Waals surface area (Å²) in [5.74, 6) is 3.37. The van der Waals surface area contributed by atoms with Crippen LogP contribution in [0.15, 0.2) is 72.5 Å². The van der Waals surface area contributed by atoms with Crippen molar-refractivity contribution in [2.75, 3.05) is 33.8 Å². The van der Waals surface area contributed by atoms with E-state index in [1.807, 2.05) is 65.6 Å². The van der Waals surface area contributed by atoms with E-state index in [1.165, 1.54) is 12.5 Å². The van der Waals surface area contributed by atoms with Gasteiger partial charge in [-0.1, -0.05) is 36.4 Å². The van der Waals surface area contributed by atoms with Crippen LogP contribution >= 0.6 is 0 Å². The fourth-order valence-corrected chi connectivity index (χ4v) is 4.64. The number of amides is 1. The van der Waals surface area contributed by atoms with Gasteiger partial charge < -0.3 is 33.3 Å². The maximum absolute atomic E-state index is 11.9. The molecule has 4 heterocycles. The van der Waals surface area contributed by atoms with E-state index in [0.29, 0.717) is 12.2 Å². The fraction of sp³-hybridized carbons (Fsp3) is 0.312. The summed E-state index contributed by atoms with van der Waals surface area (Å²) < 4.78 is 31.4. The second-order valence-corrected chi connectivity index (χ2v) is 9.68. The normalized spacial score (nSPS) is 19.2. The number of ether oxygens (including phenoxy) is 6. The molecule has 2 aromatic rings. The molecule has 0 radical (unpaired) electrons. The lowest BCUT2D eigenvalue weighted by atomic mass is 10.1. The van der Waals surface area contributed by atoms with Gasteiger partial charge in [-0.15, -0.1) is 0 Å². The highest BCUT2D eigenvalue weighted by Gasteiger charge is 2.20. The van der Waals surface area contributed by atoms with Crippen LogP contribution in [0.5, 0.6) is 23.0 Å². The van der Waals surface area contributed by atoms with Crippen LogP contribution in [0.2, 0.25) is 0 Å². The summed E-state index contributed by atoms with van der Waals surface area (Å²) >= 11 is 0. The number of allylic oxidation sites excluding steroid dienone is 2. The molecular formula is C32H33NO8. The molecule has 4 aliphatic heterocycles. The average Bonchev–Trinajstić information content (AvgIpc) is 3.67. The van der Waals surface area contributed by atoms with Gasteiger partial charge in [0.1, 0.15) is 11.9 Å². The van der Waals surface area contributed by atoms with Gasteiger partial charge in [0.05, 0.1) is 13.2 Å². The Morgan fingerprint density at radius 1 is 0.854 bits per heavy atom. The molecule has 0 N–H and O–H groups in total. The van der Waals surface area contributed by atoms with Crippen LogP contribution in [0.3, 0.4) is 0 Å². The Balaban J connectivity index is 0.000000165. The molecule has 0 bridgehead atoms. The van der Waals surface area contributed by atoms with Crippen LogP contribution in [-0.2, 0) is 19.1 Å². The molecule has 1 unspecified atom stereocenters. The molecule has 214 valence electrons. The molecule has 41 heavy (non-hydrogen) atoms. The smallest absolute Gasteiger partial charge is 0.334 e. The third-order valence-electron chi connectivity index (χ3n) is 6.81. The predicted molar refractivity (Wildman–Crippen MR) is 152 cm³/mol. The fourth-order valence-electron chi connectivity index (χ4n) is 4.64. The van der Waals surface area contributed by atoms with Gasteiger partial charge in [0.15, 0.2) is 23.0 Å². The highest BCUT2D eigenvalue weighted by atomic mass is 16.7. The Hall–Kier alpha value is -4.66.